The van der Waals surface area contributed by atoms with E-state index < -0.39 is 124 Å². The zero-order valence-corrected chi connectivity index (χ0v) is 45.3. The minimum Gasteiger partial charge on any atom is -0.394 e. The van der Waals surface area contributed by atoms with Crippen LogP contribution in [0.4, 0.5) is 0 Å². The smallest absolute Gasteiger partial charge is 0.220 e. The second-order valence-electron chi connectivity index (χ2n) is 20.7. The Labute approximate surface area is 447 Å². The van der Waals surface area contributed by atoms with E-state index in [1.54, 1.807) is 13.0 Å². The van der Waals surface area contributed by atoms with Gasteiger partial charge in [-0.05, 0) is 38.5 Å². The van der Waals surface area contributed by atoms with Crippen LogP contribution >= 0.6 is 0 Å². The summed E-state index contributed by atoms with van der Waals surface area (Å²) in [6.07, 6.45) is 17.5. The lowest BCUT2D eigenvalue weighted by atomic mass is 9.96. The fourth-order valence-corrected chi connectivity index (χ4v) is 9.66. The molecule has 12 N–H and O–H groups in total. The number of rotatable bonds is 41. The maximum Gasteiger partial charge on any atom is 0.220 e. The number of allylic oxidation sites excluding steroid dienone is 5. The number of carbonyl (C=O) groups is 1. The average molecular weight is 1080 g/mol. The lowest BCUT2D eigenvalue weighted by Crippen LogP contribution is -2.66. The first kappa shape index (κ1) is 67.3. The summed E-state index contributed by atoms with van der Waals surface area (Å²) in [5.74, 6) is -0.379. The Kier molecular flexibility index (Phi) is 36.1. The molecule has 0 bridgehead atoms. The van der Waals surface area contributed by atoms with Crippen molar-refractivity contribution < 1.29 is 89.4 Å². The van der Waals surface area contributed by atoms with Crippen molar-refractivity contribution in [2.45, 2.75) is 285 Å². The van der Waals surface area contributed by atoms with Crippen LogP contribution in [0.5, 0.6) is 0 Å². The number of hydrogen-bond acceptors (Lipinski definition) is 18. The zero-order valence-electron chi connectivity index (χ0n) is 45.3. The van der Waals surface area contributed by atoms with Crippen molar-refractivity contribution in [3.63, 3.8) is 0 Å². The highest BCUT2D eigenvalue weighted by Gasteiger charge is 2.53. The SMILES string of the molecule is CCCCCCCCCCCCCCCCCCCCCC/C=C/CC/C=C/CC/C=C/C(O)C(COC1OC(CO)C(OC2OC(CO)C(OC3OC(CO)C(O)C(O)C3O)C(O)C2O)C(O)C1O)NC(=O)CC. The van der Waals surface area contributed by atoms with E-state index in [2.05, 4.69) is 36.5 Å². The molecule has 3 rings (SSSR count). The van der Waals surface area contributed by atoms with E-state index in [1.807, 2.05) is 0 Å². The largest absolute Gasteiger partial charge is 0.394 e. The predicted molar refractivity (Wildman–Crippen MR) is 282 cm³/mol. The molecule has 3 aliphatic rings. The van der Waals surface area contributed by atoms with E-state index in [0.29, 0.717) is 6.42 Å². The molecule has 3 aliphatic heterocycles. The van der Waals surface area contributed by atoms with Crippen molar-refractivity contribution in [2.75, 3.05) is 26.4 Å². The average Bonchev–Trinajstić information content (AvgIpc) is 3.41. The minimum atomic E-state index is -1.98. The van der Waals surface area contributed by atoms with Gasteiger partial charge >= 0.3 is 0 Å². The summed E-state index contributed by atoms with van der Waals surface area (Å²) >= 11 is 0. The van der Waals surface area contributed by atoms with E-state index >= 15 is 0 Å². The fraction of sp³-hybridized carbons (Fsp3) is 0.875. The number of aliphatic hydroxyl groups is 11. The van der Waals surface area contributed by atoms with Gasteiger partial charge in [-0.25, -0.2) is 0 Å². The molecule has 19 heteroatoms. The Morgan fingerprint density at radius 3 is 1.28 bits per heavy atom. The summed E-state index contributed by atoms with van der Waals surface area (Å²) in [5.41, 5.74) is 0. The first-order valence-corrected chi connectivity index (χ1v) is 28.7. The van der Waals surface area contributed by atoms with Crippen LogP contribution in [-0.2, 0) is 33.2 Å². The molecule has 1 amide bonds. The molecule has 17 atom stereocenters. The quantitative estimate of drug-likeness (QED) is 0.0302. The summed E-state index contributed by atoms with van der Waals surface area (Å²) in [7, 11) is 0. The van der Waals surface area contributed by atoms with Crippen LogP contribution < -0.4 is 5.32 Å². The molecule has 3 heterocycles. The molecule has 0 aromatic rings. The summed E-state index contributed by atoms with van der Waals surface area (Å²) < 4.78 is 33.7. The first-order chi connectivity index (χ1) is 36.3. The van der Waals surface area contributed by atoms with Gasteiger partial charge < -0.3 is 89.9 Å². The molecule has 0 spiro atoms. The van der Waals surface area contributed by atoms with Gasteiger partial charge in [0.15, 0.2) is 18.9 Å². The number of unbranched alkanes of at least 4 members (excludes halogenated alkanes) is 22. The van der Waals surface area contributed by atoms with Crippen LogP contribution in [0, 0.1) is 0 Å². The lowest BCUT2D eigenvalue weighted by molar-refractivity contribution is -0.379. The number of nitrogens with one attached hydrogen (secondary N) is 1. The van der Waals surface area contributed by atoms with Crippen molar-refractivity contribution >= 4 is 5.91 Å². The van der Waals surface area contributed by atoms with Crippen LogP contribution in [0.2, 0.25) is 0 Å². The Bertz CT molecular complexity index is 1520. The lowest BCUT2D eigenvalue weighted by Gasteiger charge is -2.48. The highest BCUT2D eigenvalue weighted by Crippen LogP contribution is 2.33. The molecule has 0 aromatic carbocycles. The number of amides is 1. The third kappa shape index (κ3) is 24.9. The van der Waals surface area contributed by atoms with E-state index in [9.17, 15) is 61.0 Å². The van der Waals surface area contributed by atoms with Gasteiger partial charge in [0.05, 0.1) is 38.6 Å². The normalized spacial score (nSPS) is 31.5. The summed E-state index contributed by atoms with van der Waals surface area (Å²) in [6.45, 7) is 1.10. The number of ether oxygens (including phenoxy) is 6. The van der Waals surface area contributed by atoms with Gasteiger partial charge in [-0.3, -0.25) is 4.79 Å². The van der Waals surface area contributed by atoms with E-state index in [4.69, 9.17) is 28.4 Å². The monoisotopic (exact) mass is 1080 g/mol. The van der Waals surface area contributed by atoms with Crippen molar-refractivity contribution in [1.29, 1.82) is 0 Å². The van der Waals surface area contributed by atoms with Crippen LogP contribution in [-0.4, -0.2) is 193 Å². The van der Waals surface area contributed by atoms with Crippen molar-refractivity contribution in [1.82, 2.24) is 5.32 Å². The molecule has 75 heavy (non-hydrogen) atoms. The predicted octanol–water partition coefficient (Wildman–Crippen LogP) is 4.15. The third-order valence-electron chi connectivity index (χ3n) is 14.5. The molecule has 0 aromatic heterocycles. The fourth-order valence-electron chi connectivity index (χ4n) is 9.66. The van der Waals surface area contributed by atoms with Gasteiger partial charge in [0.1, 0.15) is 73.2 Å². The van der Waals surface area contributed by atoms with Gasteiger partial charge in [-0.2, -0.15) is 0 Å². The first-order valence-electron chi connectivity index (χ1n) is 28.7. The minimum absolute atomic E-state index is 0.112. The molecular formula is C56H101NO18. The molecule has 17 unspecified atom stereocenters. The highest BCUT2D eigenvalue weighted by molar-refractivity contribution is 5.75. The molecule has 3 fully saturated rings. The Hall–Kier alpha value is -1.99. The molecule has 19 nitrogen and oxygen atoms in total. The third-order valence-corrected chi connectivity index (χ3v) is 14.5. The van der Waals surface area contributed by atoms with Gasteiger partial charge in [0.2, 0.25) is 5.91 Å². The van der Waals surface area contributed by atoms with Gasteiger partial charge in [-0.15, -0.1) is 0 Å². The Morgan fingerprint density at radius 2 is 0.840 bits per heavy atom. The maximum absolute atomic E-state index is 12.4. The number of aliphatic hydroxyl groups excluding tert-OH is 11. The molecule has 0 radical (unpaired) electrons. The Morgan fingerprint density at radius 1 is 0.467 bits per heavy atom. The maximum atomic E-state index is 12.4. The zero-order chi connectivity index (χ0) is 54.8. The number of hydrogen-bond donors (Lipinski definition) is 12. The second kappa shape index (κ2) is 40.2. The Balaban J connectivity index is 1.30. The van der Waals surface area contributed by atoms with Crippen LogP contribution in [0.15, 0.2) is 36.5 Å². The molecule has 0 saturated carbocycles. The van der Waals surface area contributed by atoms with E-state index in [1.165, 1.54) is 134 Å². The highest BCUT2D eigenvalue weighted by atomic mass is 16.8. The van der Waals surface area contributed by atoms with Crippen molar-refractivity contribution in [2.24, 2.45) is 0 Å². The molecule has 0 aliphatic carbocycles. The van der Waals surface area contributed by atoms with Crippen LogP contribution in [0.25, 0.3) is 0 Å². The van der Waals surface area contributed by atoms with E-state index in [0.717, 1.165) is 25.7 Å². The van der Waals surface area contributed by atoms with Gasteiger partial charge in [-0.1, -0.05) is 172 Å². The summed E-state index contributed by atoms with van der Waals surface area (Å²) in [6, 6.07) is -0.991. The van der Waals surface area contributed by atoms with Crippen LogP contribution in [0.3, 0.4) is 0 Å². The standard InChI is InChI=1S/C56H101NO18/c1-3-5-6-7-8-9-10-11-12-13-14-15-16-17-18-19-20-21-22-23-24-25-26-27-28-29-30-31-32-33-34-40(61)39(57-44(62)4-2)38-70-54-50(68)47(65)52(42(36-59)72-54)75-56-51(69)48(66)53(43(37-60)73-56)74-55-49(67)46(64)45(63)41(35-58)71-55/h25-26,29-30,33-34,39-43,45-56,58-61,63-69H,3-24,27-28,31-32,35-38H2,1-2H3,(H,57,62)/b26-25+,30-29+,34-33+. The van der Waals surface area contributed by atoms with Gasteiger partial charge in [0.25, 0.3) is 0 Å². The second-order valence-corrected chi connectivity index (χ2v) is 20.7. The van der Waals surface area contributed by atoms with E-state index in [-0.39, 0.29) is 18.9 Å². The van der Waals surface area contributed by atoms with Crippen LogP contribution in [0.1, 0.15) is 181 Å². The molecule has 438 valence electrons. The summed E-state index contributed by atoms with van der Waals surface area (Å²) in [5, 5.41) is 118. The molecule has 3 saturated heterocycles. The molecular weight excluding hydrogens is 975 g/mol. The van der Waals surface area contributed by atoms with Crippen molar-refractivity contribution in [3.8, 4) is 0 Å². The van der Waals surface area contributed by atoms with Crippen molar-refractivity contribution in [3.05, 3.63) is 36.5 Å². The topological polar surface area (TPSA) is 307 Å². The van der Waals surface area contributed by atoms with Gasteiger partial charge in [0, 0.05) is 6.42 Å². The number of carbonyl (C=O) groups excluding carboxylic acids is 1. The summed E-state index contributed by atoms with van der Waals surface area (Å²) in [4.78, 5) is 12.4.